The summed E-state index contributed by atoms with van der Waals surface area (Å²) in [7, 11) is -3.40. The predicted octanol–water partition coefficient (Wildman–Crippen LogP) is 1.36. The number of hydrogen-bond donors (Lipinski definition) is 2. The van der Waals surface area contributed by atoms with Crippen molar-refractivity contribution >= 4 is 21.4 Å². The van der Waals surface area contributed by atoms with Gasteiger partial charge in [-0.2, -0.15) is 0 Å². The number of likely N-dealkylation sites (tertiary alicyclic amines) is 1. The first-order chi connectivity index (χ1) is 9.53. The van der Waals surface area contributed by atoms with E-state index in [1.54, 1.807) is 11.4 Å². The van der Waals surface area contributed by atoms with E-state index in [0.29, 0.717) is 17.3 Å². The van der Waals surface area contributed by atoms with Gasteiger partial charge in [0.1, 0.15) is 4.21 Å². The van der Waals surface area contributed by atoms with Crippen molar-refractivity contribution in [1.82, 2.24) is 9.62 Å². The molecule has 114 valence electrons. The van der Waals surface area contributed by atoms with E-state index < -0.39 is 10.0 Å². The smallest absolute Gasteiger partial charge is 0.250 e. The number of hydrogen-bond acceptors (Lipinski definition) is 5. The van der Waals surface area contributed by atoms with Crippen LogP contribution in [0.4, 0.5) is 0 Å². The fourth-order valence-electron chi connectivity index (χ4n) is 2.39. The predicted molar refractivity (Wildman–Crippen MR) is 82.3 cm³/mol. The van der Waals surface area contributed by atoms with Crippen molar-refractivity contribution in [1.29, 1.82) is 0 Å². The molecule has 1 atom stereocenters. The molecule has 1 fully saturated rings. The molecule has 5 nitrogen and oxygen atoms in total. The van der Waals surface area contributed by atoms with Crippen LogP contribution in [0.3, 0.4) is 0 Å². The minimum absolute atomic E-state index is 0.235. The Kier molecular flexibility index (Phi) is 5.57. The molecule has 1 aliphatic heterocycles. The monoisotopic (exact) mass is 317 g/mol. The number of nitrogens with zero attached hydrogens (tertiary/aromatic N) is 1. The van der Waals surface area contributed by atoms with Crippen LogP contribution in [0.2, 0.25) is 0 Å². The summed E-state index contributed by atoms with van der Waals surface area (Å²) in [5.41, 5.74) is 6.37. The first-order valence-electron chi connectivity index (χ1n) is 7.04. The van der Waals surface area contributed by atoms with E-state index in [1.807, 2.05) is 0 Å². The van der Waals surface area contributed by atoms with Gasteiger partial charge in [0.15, 0.2) is 0 Å². The van der Waals surface area contributed by atoms with Crippen molar-refractivity contribution in [2.45, 2.75) is 43.0 Å². The molecular formula is C13H23N3O2S2. The summed E-state index contributed by atoms with van der Waals surface area (Å²) in [5.74, 6) is 0. The van der Waals surface area contributed by atoms with Crippen molar-refractivity contribution in [3.63, 3.8) is 0 Å². The lowest BCUT2D eigenvalue weighted by molar-refractivity contribution is 0.175. The standard InChI is InChI=1S/C13H23N3O2S2/c1-11(16-5-3-2-4-6-16)9-15-20(17,18)13-7-12(8-14)10-19-13/h7,10-11,15H,2-6,8-9,14H2,1H3. The molecule has 1 saturated heterocycles. The van der Waals surface area contributed by atoms with Crippen LogP contribution in [0.5, 0.6) is 0 Å². The van der Waals surface area contributed by atoms with Crippen molar-refractivity contribution in [3.8, 4) is 0 Å². The summed E-state index contributed by atoms with van der Waals surface area (Å²) in [6.07, 6.45) is 3.70. The van der Waals surface area contributed by atoms with Gasteiger partial charge in [-0.25, -0.2) is 13.1 Å². The molecule has 0 bridgehead atoms. The van der Waals surface area contributed by atoms with E-state index in [0.717, 1.165) is 18.7 Å². The Hall–Kier alpha value is -0.470. The maximum absolute atomic E-state index is 12.2. The quantitative estimate of drug-likeness (QED) is 0.831. The minimum Gasteiger partial charge on any atom is -0.326 e. The van der Waals surface area contributed by atoms with E-state index in [-0.39, 0.29) is 6.04 Å². The Morgan fingerprint density at radius 1 is 1.40 bits per heavy atom. The highest BCUT2D eigenvalue weighted by atomic mass is 32.2. The van der Waals surface area contributed by atoms with Gasteiger partial charge in [-0.15, -0.1) is 11.3 Å². The lowest BCUT2D eigenvalue weighted by Crippen LogP contribution is -2.44. The third-order valence-electron chi connectivity index (χ3n) is 3.71. The third kappa shape index (κ3) is 4.02. The first-order valence-corrected chi connectivity index (χ1v) is 9.40. The molecule has 1 unspecified atom stereocenters. The number of piperidine rings is 1. The number of nitrogens with one attached hydrogen (secondary N) is 1. The lowest BCUT2D eigenvalue weighted by Gasteiger charge is -2.32. The largest absolute Gasteiger partial charge is 0.326 e. The summed E-state index contributed by atoms with van der Waals surface area (Å²) < 4.78 is 27.4. The topological polar surface area (TPSA) is 75.4 Å². The normalized spacial score (nSPS) is 19.1. The molecule has 1 aliphatic rings. The summed E-state index contributed by atoms with van der Waals surface area (Å²) in [6.45, 7) is 5.04. The van der Waals surface area contributed by atoms with E-state index in [9.17, 15) is 8.42 Å². The molecule has 1 aromatic heterocycles. The fraction of sp³-hybridized carbons (Fsp3) is 0.692. The molecule has 1 aromatic rings. The Bertz CT molecular complexity index is 521. The summed E-state index contributed by atoms with van der Waals surface area (Å²) >= 11 is 1.22. The van der Waals surface area contributed by atoms with Crippen molar-refractivity contribution in [2.75, 3.05) is 19.6 Å². The molecule has 7 heteroatoms. The highest BCUT2D eigenvalue weighted by molar-refractivity contribution is 7.91. The highest BCUT2D eigenvalue weighted by Gasteiger charge is 2.21. The zero-order valence-electron chi connectivity index (χ0n) is 11.8. The van der Waals surface area contributed by atoms with Gasteiger partial charge in [-0.05, 0) is 49.9 Å². The number of nitrogens with two attached hydrogens (primary N) is 1. The molecule has 0 amide bonds. The average Bonchev–Trinajstić information content (AvgIpc) is 2.95. The second-order valence-corrected chi connectivity index (χ2v) is 8.18. The molecule has 0 spiro atoms. The first kappa shape index (κ1) is 15.9. The number of rotatable bonds is 6. The number of sulfonamides is 1. The van der Waals surface area contributed by atoms with Gasteiger partial charge in [0.05, 0.1) is 0 Å². The molecule has 0 saturated carbocycles. The van der Waals surface area contributed by atoms with Crippen LogP contribution in [0.25, 0.3) is 0 Å². The molecule has 0 aromatic carbocycles. The summed E-state index contributed by atoms with van der Waals surface area (Å²) in [4.78, 5) is 2.35. The molecular weight excluding hydrogens is 294 g/mol. The molecule has 3 N–H and O–H groups in total. The van der Waals surface area contributed by atoms with Gasteiger partial charge in [0, 0.05) is 19.1 Å². The van der Waals surface area contributed by atoms with Crippen molar-refractivity contribution in [2.24, 2.45) is 5.73 Å². The maximum atomic E-state index is 12.2. The Morgan fingerprint density at radius 3 is 2.70 bits per heavy atom. The molecule has 20 heavy (non-hydrogen) atoms. The van der Waals surface area contributed by atoms with Gasteiger partial charge >= 0.3 is 0 Å². The SMILES string of the molecule is CC(CNS(=O)(=O)c1cc(CN)cs1)N1CCCCC1. The van der Waals surface area contributed by atoms with Crippen LogP contribution in [-0.4, -0.2) is 39.0 Å². The van der Waals surface area contributed by atoms with Crippen molar-refractivity contribution in [3.05, 3.63) is 17.0 Å². The van der Waals surface area contributed by atoms with Crippen LogP contribution < -0.4 is 10.5 Å². The van der Waals surface area contributed by atoms with E-state index in [1.165, 1.54) is 30.6 Å². The molecule has 2 heterocycles. The second kappa shape index (κ2) is 7.00. The van der Waals surface area contributed by atoms with Gasteiger partial charge in [0.2, 0.25) is 10.0 Å². The number of thiophene rings is 1. The van der Waals surface area contributed by atoms with Crippen LogP contribution in [-0.2, 0) is 16.6 Å². The van der Waals surface area contributed by atoms with Crippen LogP contribution in [0.1, 0.15) is 31.7 Å². The Balaban J connectivity index is 1.91. The fourth-order valence-corrected chi connectivity index (χ4v) is 4.78. The molecule has 0 radical (unpaired) electrons. The lowest BCUT2D eigenvalue weighted by atomic mass is 10.1. The summed E-state index contributed by atoms with van der Waals surface area (Å²) in [6, 6.07) is 1.89. The van der Waals surface area contributed by atoms with Gasteiger partial charge in [-0.3, -0.25) is 4.90 Å². The van der Waals surface area contributed by atoms with E-state index >= 15 is 0 Å². The Morgan fingerprint density at radius 2 is 2.10 bits per heavy atom. The highest BCUT2D eigenvalue weighted by Crippen LogP contribution is 2.20. The Labute approximate surface area is 125 Å². The van der Waals surface area contributed by atoms with E-state index in [4.69, 9.17) is 5.73 Å². The average molecular weight is 317 g/mol. The zero-order valence-corrected chi connectivity index (χ0v) is 13.5. The maximum Gasteiger partial charge on any atom is 0.250 e. The summed E-state index contributed by atoms with van der Waals surface area (Å²) in [5, 5.41) is 1.79. The minimum atomic E-state index is -3.40. The van der Waals surface area contributed by atoms with Gasteiger partial charge < -0.3 is 5.73 Å². The molecule has 0 aliphatic carbocycles. The second-order valence-electron chi connectivity index (χ2n) is 5.28. The van der Waals surface area contributed by atoms with Crippen molar-refractivity contribution < 1.29 is 8.42 Å². The zero-order chi connectivity index (χ0) is 14.6. The third-order valence-corrected chi connectivity index (χ3v) is 6.62. The van der Waals surface area contributed by atoms with Gasteiger partial charge in [0.25, 0.3) is 0 Å². The molecule has 2 rings (SSSR count). The van der Waals surface area contributed by atoms with Crippen LogP contribution in [0, 0.1) is 0 Å². The van der Waals surface area contributed by atoms with E-state index in [2.05, 4.69) is 16.5 Å². The van der Waals surface area contributed by atoms with Gasteiger partial charge in [-0.1, -0.05) is 6.42 Å². The van der Waals surface area contributed by atoms with Crippen LogP contribution >= 0.6 is 11.3 Å². The van der Waals surface area contributed by atoms with Crippen LogP contribution in [0.15, 0.2) is 15.7 Å².